The summed E-state index contributed by atoms with van der Waals surface area (Å²) in [5.74, 6) is 3.01. The largest absolute Gasteiger partial charge is 0.441 e. The summed E-state index contributed by atoms with van der Waals surface area (Å²) in [7, 11) is 0. The molecule has 164 valence electrons. The van der Waals surface area contributed by atoms with Crippen LogP contribution < -0.4 is 0 Å². The molecule has 6 heteroatoms. The van der Waals surface area contributed by atoms with E-state index < -0.39 is 0 Å². The van der Waals surface area contributed by atoms with E-state index in [0.29, 0.717) is 6.04 Å². The van der Waals surface area contributed by atoms with Crippen molar-refractivity contribution < 1.29 is 4.42 Å². The number of hydrogen-bond donors (Lipinski definition) is 0. The summed E-state index contributed by atoms with van der Waals surface area (Å²) in [6.07, 6.45) is 14.5. The summed E-state index contributed by atoms with van der Waals surface area (Å²) in [6.45, 7) is 5.48. The lowest BCUT2D eigenvalue weighted by Crippen LogP contribution is -2.34. The van der Waals surface area contributed by atoms with Gasteiger partial charge >= 0.3 is 0 Å². The van der Waals surface area contributed by atoms with Crippen LogP contribution in [0, 0.1) is 10.6 Å². The van der Waals surface area contributed by atoms with E-state index in [-0.39, 0.29) is 0 Å². The van der Waals surface area contributed by atoms with Crippen LogP contribution in [0.15, 0.2) is 9.57 Å². The highest BCUT2D eigenvalue weighted by molar-refractivity contribution is 7.99. The molecule has 2 aromatic heterocycles. The van der Waals surface area contributed by atoms with Gasteiger partial charge in [-0.15, -0.1) is 0 Å². The molecule has 3 aliphatic rings. The van der Waals surface area contributed by atoms with Crippen LogP contribution in [0.25, 0.3) is 11.1 Å². The van der Waals surface area contributed by atoms with Gasteiger partial charge in [-0.05, 0) is 43.8 Å². The first-order chi connectivity index (χ1) is 14.7. The van der Waals surface area contributed by atoms with Crippen molar-refractivity contribution >= 4 is 35.1 Å². The van der Waals surface area contributed by atoms with Gasteiger partial charge in [-0.3, -0.25) is 4.90 Å². The van der Waals surface area contributed by atoms with Crippen molar-refractivity contribution in [2.24, 2.45) is 5.92 Å². The van der Waals surface area contributed by atoms with E-state index in [1.54, 1.807) is 0 Å². The topological polar surface area (TPSA) is 34.2 Å². The Morgan fingerprint density at radius 2 is 1.80 bits per heavy atom. The maximum atomic E-state index is 6.37. The monoisotopic (exact) mass is 445 g/mol. The molecule has 0 amide bonds. The van der Waals surface area contributed by atoms with Crippen LogP contribution in [0.3, 0.4) is 0 Å². The maximum absolute atomic E-state index is 6.37. The fourth-order valence-corrected chi connectivity index (χ4v) is 7.16. The Balaban J connectivity index is 1.47. The summed E-state index contributed by atoms with van der Waals surface area (Å²) < 4.78 is 9.75. The zero-order valence-electron chi connectivity index (χ0n) is 18.3. The number of thioether (sulfide) groups is 1. The SMILES string of the molecule is CCSc1nc2oc3c(c2c(=S)n1C1CCCCC1)CCN(CC1CCCCC1)C3. The molecule has 0 saturated heterocycles. The minimum absolute atomic E-state index is 0.508. The fourth-order valence-electron chi connectivity index (χ4n) is 5.87. The predicted octanol–water partition coefficient (Wildman–Crippen LogP) is 6.91. The van der Waals surface area contributed by atoms with E-state index in [0.717, 1.165) is 57.8 Å². The fraction of sp³-hybridized carbons (Fsp3) is 0.750. The highest BCUT2D eigenvalue weighted by Crippen LogP contribution is 2.37. The first kappa shape index (κ1) is 21.0. The number of aromatic nitrogens is 2. The Kier molecular flexibility index (Phi) is 6.54. The van der Waals surface area contributed by atoms with Crippen LogP contribution in [-0.4, -0.2) is 33.3 Å². The van der Waals surface area contributed by atoms with Crippen LogP contribution in [0.2, 0.25) is 0 Å². The molecule has 4 nitrogen and oxygen atoms in total. The van der Waals surface area contributed by atoms with Gasteiger partial charge in [0.2, 0.25) is 5.71 Å². The summed E-state index contributed by atoms with van der Waals surface area (Å²) in [5, 5.41) is 2.20. The summed E-state index contributed by atoms with van der Waals surface area (Å²) >= 11 is 7.92. The zero-order valence-corrected chi connectivity index (χ0v) is 20.0. The third-order valence-corrected chi connectivity index (χ3v) is 8.64. The lowest BCUT2D eigenvalue weighted by Gasteiger charge is -2.31. The second-order valence-corrected chi connectivity index (χ2v) is 11.1. The molecule has 3 heterocycles. The molecule has 0 atom stereocenters. The first-order valence-corrected chi connectivity index (χ1v) is 13.6. The lowest BCUT2D eigenvalue weighted by atomic mass is 9.88. The molecular formula is C24H35N3OS2. The standard InChI is InChI=1S/C24H35N3OS2/c1-2-30-24-25-22-21(23(29)27(24)18-11-7-4-8-12-18)19-13-14-26(16-20(19)28-22)15-17-9-5-3-6-10-17/h17-18H,2-16H2,1H3. The van der Waals surface area contributed by atoms with Crippen molar-refractivity contribution in [3.05, 3.63) is 16.0 Å². The molecule has 0 bridgehead atoms. The minimum atomic E-state index is 0.508. The van der Waals surface area contributed by atoms with Crippen LogP contribution in [0.4, 0.5) is 0 Å². The highest BCUT2D eigenvalue weighted by Gasteiger charge is 2.29. The summed E-state index contributed by atoms with van der Waals surface area (Å²) in [4.78, 5) is 7.63. The average Bonchev–Trinajstić information content (AvgIpc) is 3.13. The van der Waals surface area contributed by atoms with Gasteiger partial charge in [-0.2, -0.15) is 4.98 Å². The third kappa shape index (κ3) is 4.12. The van der Waals surface area contributed by atoms with E-state index in [1.807, 2.05) is 11.8 Å². The number of nitrogens with zero attached hydrogens (tertiary/aromatic N) is 3. The van der Waals surface area contributed by atoms with Crippen LogP contribution >= 0.6 is 24.0 Å². The molecular weight excluding hydrogens is 410 g/mol. The molecule has 0 N–H and O–H groups in total. The van der Waals surface area contributed by atoms with Gasteiger partial charge in [0, 0.05) is 24.7 Å². The molecule has 5 rings (SSSR count). The van der Waals surface area contributed by atoms with E-state index in [1.165, 1.54) is 76.3 Å². The van der Waals surface area contributed by atoms with Crippen LogP contribution in [0.5, 0.6) is 0 Å². The van der Waals surface area contributed by atoms with Crippen LogP contribution in [0.1, 0.15) is 88.5 Å². The van der Waals surface area contributed by atoms with E-state index in [9.17, 15) is 0 Å². The highest BCUT2D eigenvalue weighted by atomic mass is 32.2. The molecule has 30 heavy (non-hydrogen) atoms. The molecule has 2 fully saturated rings. The molecule has 0 spiro atoms. The van der Waals surface area contributed by atoms with E-state index in [2.05, 4.69) is 16.4 Å². The lowest BCUT2D eigenvalue weighted by molar-refractivity contribution is 0.174. The van der Waals surface area contributed by atoms with Gasteiger partial charge in [-0.25, -0.2) is 0 Å². The van der Waals surface area contributed by atoms with Crippen molar-refractivity contribution in [3.8, 4) is 0 Å². The molecule has 0 aromatic carbocycles. The quantitative estimate of drug-likeness (QED) is 0.284. The minimum Gasteiger partial charge on any atom is -0.441 e. The van der Waals surface area contributed by atoms with Crippen molar-refractivity contribution in [2.75, 3.05) is 18.8 Å². The Bertz CT molecular complexity index is 938. The number of rotatable bonds is 5. The number of furan rings is 1. The molecule has 0 unspecified atom stereocenters. The van der Waals surface area contributed by atoms with E-state index in [4.69, 9.17) is 21.6 Å². The van der Waals surface area contributed by atoms with Gasteiger partial charge in [0.25, 0.3) is 0 Å². The molecule has 0 radical (unpaired) electrons. The van der Waals surface area contributed by atoms with Crippen molar-refractivity contribution in [2.45, 2.75) is 95.3 Å². The van der Waals surface area contributed by atoms with Crippen molar-refractivity contribution in [1.82, 2.24) is 14.5 Å². The first-order valence-electron chi connectivity index (χ1n) is 12.2. The van der Waals surface area contributed by atoms with Crippen molar-refractivity contribution in [3.63, 3.8) is 0 Å². The summed E-state index contributed by atoms with van der Waals surface area (Å²) in [6, 6.07) is 0.508. The molecule has 2 aromatic rings. The Hall–Kier alpha value is -0.850. The summed E-state index contributed by atoms with van der Waals surface area (Å²) in [5.41, 5.74) is 2.13. The van der Waals surface area contributed by atoms with Gasteiger partial charge in [-0.1, -0.05) is 69.4 Å². The van der Waals surface area contributed by atoms with Crippen molar-refractivity contribution in [1.29, 1.82) is 0 Å². The smallest absolute Gasteiger partial charge is 0.231 e. The normalized spacial score (nSPS) is 21.9. The number of fused-ring (bicyclic) bond motifs is 3. The van der Waals surface area contributed by atoms with Gasteiger partial charge in [0.1, 0.15) is 10.4 Å². The second kappa shape index (κ2) is 9.33. The van der Waals surface area contributed by atoms with Crippen LogP contribution in [-0.2, 0) is 13.0 Å². The second-order valence-electron chi connectivity index (χ2n) is 9.47. The Labute approximate surface area is 189 Å². The van der Waals surface area contributed by atoms with Gasteiger partial charge < -0.3 is 8.98 Å². The van der Waals surface area contributed by atoms with Gasteiger partial charge in [0.05, 0.1) is 11.9 Å². The third-order valence-electron chi connectivity index (χ3n) is 7.41. The molecule has 2 aliphatic carbocycles. The average molecular weight is 446 g/mol. The zero-order chi connectivity index (χ0) is 20.5. The predicted molar refractivity (Wildman–Crippen MR) is 127 cm³/mol. The maximum Gasteiger partial charge on any atom is 0.231 e. The van der Waals surface area contributed by atoms with E-state index >= 15 is 0 Å². The Morgan fingerprint density at radius 3 is 2.53 bits per heavy atom. The molecule has 2 saturated carbocycles. The number of hydrogen-bond acceptors (Lipinski definition) is 5. The molecule has 1 aliphatic heterocycles. The van der Waals surface area contributed by atoms with Gasteiger partial charge in [0.15, 0.2) is 5.16 Å². The Morgan fingerprint density at radius 1 is 1.07 bits per heavy atom.